The minimum Gasteiger partial charge on any atom is -0.544 e. The maximum absolute atomic E-state index is 12.6. The first-order valence-electron chi connectivity index (χ1n) is 18.8. The molecule has 0 saturated heterocycles. The molecule has 1 rings (SSSR count). The summed E-state index contributed by atoms with van der Waals surface area (Å²) < 4.78 is 12.2. The molecule has 262 valence electrons. The predicted molar refractivity (Wildman–Crippen MR) is 196 cm³/mol. The maximum atomic E-state index is 12.6. The third kappa shape index (κ3) is 20.5. The summed E-state index contributed by atoms with van der Waals surface area (Å²) in [5.41, 5.74) is 1.23. The van der Waals surface area contributed by atoms with Crippen LogP contribution in [-0.4, -0.2) is 50.6 Å². The third-order valence-corrected chi connectivity index (χ3v) is 14.1. The summed E-state index contributed by atoms with van der Waals surface area (Å²) in [5.74, 6) is 1.44. The molecule has 0 atom stereocenters. The molecule has 0 heterocycles. The third-order valence-electron chi connectivity index (χ3n) is 9.69. The summed E-state index contributed by atoms with van der Waals surface area (Å²) in [6.07, 6.45) is 21.6. The first-order chi connectivity index (χ1) is 21.5. The van der Waals surface area contributed by atoms with Gasteiger partial charge in [0.1, 0.15) is 5.75 Å². The number of esters is 1. The second kappa shape index (κ2) is 24.8. The Labute approximate surface area is 280 Å². The molecule has 45 heavy (non-hydrogen) atoms. The molecule has 0 amide bonds. The van der Waals surface area contributed by atoms with E-state index in [4.69, 9.17) is 9.16 Å². The van der Waals surface area contributed by atoms with E-state index in [9.17, 15) is 9.90 Å². The molecule has 0 bridgehead atoms. The Balaban J connectivity index is 2.39. The van der Waals surface area contributed by atoms with Gasteiger partial charge in [0.2, 0.25) is 8.32 Å². The van der Waals surface area contributed by atoms with Crippen molar-refractivity contribution in [1.29, 1.82) is 0 Å². The van der Waals surface area contributed by atoms with Crippen molar-refractivity contribution in [3.05, 3.63) is 29.8 Å². The first kappa shape index (κ1) is 41.6. The zero-order chi connectivity index (χ0) is 33.4. The van der Waals surface area contributed by atoms with E-state index in [0.717, 1.165) is 38.1 Å². The van der Waals surface area contributed by atoms with Gasteiger partial charge < -0.3 is 14.3 Å². The van der Waals surface area contributed by atoms with Crippen LogP contribution in [0.15, 0.2) is 24.3 Å². The normalized spacial score (nSPS) is 12.3. The van der Waals surface area contributed by atoms with Gasteiger partial charge in [-0.05, 0) is 74.0 Å². The molecule has 1 aromatic rings. The zero-order valence-corrected chi connectivity index (χ0v) is 31.8. The molecule has 0 fully saturated rings. The van der Waals surface area contributed by atoms with Crippen LogP contribution in [0.4, 0.5) is 0 Å². The van der Waals surface area contributed by atoms with Gasteiger partial charge in [-0.15, -0.1) is 0 Å². The number of carbonyl (C=O) groups is 1. The summed E-state index contributed by atoms with van der Waals surface area (Å²) >= 11 is 0. The van der Waals surface area contributed by atoms with E-state index >= 15 is 0 Å². The number of unbranched alkanes of at least 4 members (excludes halogenated alkanes) is 12. The van der Waals surface area contributed by atoms with Gasteiger partial charge in [-0.3, -0.25) is 9.69 Å². The van der Waals surface area contributed by atoms with Crippen molar-refractivity contribution >= 4 is 14.3 Å². The van der Waals surface area contributed by atoms with Crippen molar-refractivity contribution in [2.24, 2.45) is 5.92 Å². The number of benzene rings is 1. The number of hydrogen-bond donors (Lipinski definition) is 1. The average Bonchev–Trinajstić information content (AvgIpc) is 2.99. The van der Waals surface area contributed by atoms with Crippen LogP contribution in [0.5, 0.6) is 5.75 Å². The van der Waals surface area contributed by atoms with E-state index in [1.165, 1.54) is 95.5 Å². The molecule has 0 saturated carbocycles. The van der Waals surface area contributed by atoms with E-state index in [1.54, 1.807) is 0 Å². The number of aliphatic hydroxyl groups is 1. The smallest absolute Gasteiger partial charge is 0.305 e. The van der Waals surface area contributed by atoms with Crippen LogP contribution in [0.1, 0.15) is 156 Å². The molecule has 1 N–H and O–H groups in total. The highest BCUT2D eigenvalue weighted by Gasteiger charge is 2.38. The van der Waals surface area contributed by atoms with Crippen molar-refractivity contribution in [2.45, 2.75) is 175 Å². The van der Waals surface area contributed by atoms with Crippen LogP contribution in [-0.2, 0) is 16.1 Å². The molecular weight excluding hydrogens is 575 g/mol. The fourth-order valence-corrected chi connectivity index (χ4v) is 6.61. The molecule has 0 unspecified atom stereocenters. The van der Waals surface area contributed by atoms with E-state index in [1.807, 2.05) is 0 Å². The van der Waals surface area contributed by atoms with Crippen LogP contribution >= 0.6 is 0 Å². The summed E-state index contributed by atoms with van der Waals surface area (Å²) in [7, 11) is -1.85. The Hall–Kier alpha value is -1.37. The quantitative estimate of drug-likeness (QED) is 0.0557. The topological polar surface area (TPSA) is 59.0 Å². The van der Waals surface area contributed by atoms with E-state index in [2.05, 4.69) is 76.9 Å². The number of aliphatic hydroxyl groups excluding tert-OH is 1. The highest BCUT2D eigenvalue weighted by molar-refractivity contribution is 6.74. The molecule has 0 radical (unpaired) electrons. The number of rotatable bonds is 28. The minimum atomic E-state index is -1.85. The van der Waals surface area contributed by atoms with E-state index in [-0.39, 0.29) is 17.6 Å². The number of ether oxygens (including phenoxy) is 1. The second-order valence-electron chi connectivity index (χ2n) is 15.0. The lowest BCUT2D eigenvalue weighted by atomic mass is 9.94. The molecular formula is C39H73NO4Si. The summed E-state index contributed by atoms with van der Waals surface area (Å²) in [5, 5.41) is 9.80. The van der Waals surface area contributed by atoms with Crippen molar-refractivity contribution in [1.82, 2.24) is 4.90 Å². The highest BCUT2D eigenvalue weighted by atomic mass is 28.4. The Morgan fingerprint density at radius 1 is 0.778 bits per heavy atom. The van der Waals surface area contributed by atoms with Crippen LogP contribution in [0, 0.1) is 5.92 Å². The second-order valence-corrected chi connectivity index (χ2v) is 19.7. The van der Waals surface area contributed by atoms with Crippen LogP contribution in [0.3, 0.4) is 0 Å². The lowest BCUT2D eigenvalue weighted by Gasteiger charge is -2.36. The Morgan fingerprint density at radius 2 is 1.31 bits per heavy atom. The van der Waals surface area contributed by atoms with Gasteiger partial charge in [0, 0.05) is 19.5 Å². The summed E-state index contributed by atoms with van der Waals surface area (Å²) in [6, 6.07) is 8.47. The summed E-state index contributed by atoms with van der Waals surface area (Å²) in [4.78, 5) is 14.9. The van der Waals surface area contributed by atoms with Gasteiger partial charge in [-0.25, -0.2) is 0 Å². The lowest BCUT2D eigenvalue weighted by Crippen LogP contribution is -2.43. The number of nitrogens with zero attached hydrogens (tertiary/aromatic N) is 1. The number of carbonyl (C=O) groups excluding carboxylic acids is 1. The standard InChI is InChI=1S/C39H73NO4Si/c1-8-10-12-14-16-19-23-36(24-20-17-15-13-11-9-2)34-43-38(42)25-21-18-22-30-40(31-32-41)33-35-26-28-37(29-27-35)44-45(6,7)39(3,4)5/h26-29,36,41H,8-25,30-34H2,1-7H3. The summed E-state index contributed by atoms with van der Waals surface area (Å²) in [6.45, 7) is 19.0. The largest absolute Gasteiger partial charge is 0.544 e. The van der Waals surface area contributed by atoms with Crippen LogP contribution in [0.2, 0.25) is 18.1 Å². The average molecular weight is 648 g/mol. The molecule has 0 aliphatic heterocycles. The molecule has 0 aliphatic carbocycles. The molecule has 0 spiro atoms. The molecule has 1 aromatic carbocycles. The highest BCUT2D eigenvalue weighted by Crippen LogP contribution is 2.37. The van der Waals surface area contributed by atoms with Crippen molar-refractivity contribution in [2.75, 3.05) is 26.3 Å². The Kier molecular flexibility index (Phi) is 22.9. The van der Waals surface area contributed by atoms with Gasteiger partial charge >= 0.3 is 5.97 Å². The van der Waals surface area contributed by atoms with Gasteiger partial charge in [0.05, 0.1) is 13.2 Å². The van der Waals surface area contributed by atoms with E-state index < -0.39 is 8.32 Å². The first-order valence-corrected chi connectivity index (χ1v) is 21.7. The van der Waals surface area contributed by atoms with Crippen molar-refractivity contribution < 1.29 is 19.1 Å². The molecule has 0 aliphatic rings. The fraction of sp³-hybridized carbons (Fsp3) is 0.821. The van der Waals surface area contributed by atoms with E-state index in [0.29, 0.717) is 25.5 Å². The van der Waals surface area contributed by atoms with Gasteiger partial charge in [0.25, 0.3) is 0 Å². The van der Waals surface area contributed by atoms with Crippen molar-refractivity contribution in [3.8, 4) is 5.75 Å². The minimum absolute atomic E-state index is 0.0295. The van der Waals surface area contributed by atoms with Gasteiger partial charge in [-0.1, -0.05) is 130 Å². The van der Waals surface area contributed by atoms with Crippen LogP contribution in [0.25, 0.3) is 0 Å². The fourth-order valence-electron chi connectivity index (χ4n) is 5.58. The van der Waals surface area contributed by atoms with Crippen LogP contribution < -0.4 is 4.43 Å². The maximum Gasteiger partial charge on any atom is 0.305 e. The lowest BCUT2D eigenvalue weighted by molar-refractivity contribution is -0.145. The monoisotopic (exact) mass is 648 g/mol. The number of hydrogen-bond acceptors (Lipinski definition) is 5. The molecule has 5 nitrogen and oxygen atoms in total. The predicted octanol–water partition coefficient (Wildman–Crippen LogP) is 11.1. The molecule has 6 heteroatoms. The SMILES string of the molecule is CCCCCCCCC(CCCCCCCC)COC(=O)CCCCCN(CCO)Cc1ccc(O[Si](C)(C)C(C)(C)C)cc1. The Morgan fingerprint density at radius 3 is 1.84 bits per heavy atom. The van der Waals surface area contributed by atoms with Crippen molar-refractivity contribution in [3.63, 3.8) is 0 Å². The van der Waals surface area contributed by atoms with Gasteiger partial charge in [0.15, 0.2) is 0 Å². The Bertz CT molecular complexity index is 836. The zero-order valence-electron chi connectivity index (χ0n) is 30.8. The molecule has 0 aromatic heterocycles. The van der Waals surface area contributed by atoms with Gasteiger partial charge in [-0.2, -0.15) is 0 Å².